The predicted octanol–water partition coefficient (Wildman–Crippen LogP) is 4.24. The quantitative estimate of drug-likeness (QED) is 0.689. The lowest BCUT2D eigenvalue weighted by molar-refractivity contribution is -0.0242. The van der Waals surface area contributed by atoms with Gasteiger partial charge in [-0.05, 0) is 33.3 Å². The highest BCUT2D eigenvalue weighted by atomic mass is 16.5. The van der Waals surface area contributed by atoms with Crippen LogP contribution in [0.4, 0.5) is 5.82 Å². The maximum atomic E-state index is 10.2. The molecule has 0 saturated heterocycles. The molecule has 152 valence electrons. The number of fused-ring (bicyclic) bond motifs is 1. The minimum absolute atomic E-state index is 0.401. The van der Waals surface area contributed by atoms with Crippen LogP contribution in [0.3, 0.4) is 0 Å². The Kier molecular flexibility index (Phi) is 7.02. The fourth-order valence-corrected chi connectivity index (χ4v) is 2.62. The van der Waals surface area contributed by atoms with Gasteiger partial charge in [0.2, 0.25) is 0 Å². The molecule has 6 heteroatoms. The van der Waals surface area contributed by atoms with Crippen LogP contribution >= 0.6 is 0 Å². The first kappa shape index (κ1) is 21.7. The molecular weight excluding hydrogens is 352 g/mol. The summed E-state index contributed by atoms with van der Waals surface area (Å²) in [6.07, 6.45) is 3.21. The first-order valence-electron chi connectivity index (χ1n) is 9.75. The van der Waals surface area contributed by atoms with Crippen LogP contribution in [0.1, 0.15) is 45.7 Å². The van der Waals surface area contributed by atoms with E-state index < -0.39 is 11.7 Å². The molecular formula is C22H32N4O2. The number of aryl methyl sites for hydroxylation is 1. The van der Waals surface area contributed by atoms with Crippen molar-refractivity contribution in [1.82, 2.24) is 14.6 Å². The highest BCUT2D eigenvalue weighted by Crippen LogP contribution is 2.30. The molecule has 2 heterocycles. The van der Waals surface area contributed by atoms with E-state index in [2.05, 4.69) is 17.2 Å². The molecule has 28 heavy (non-hydrogen) atoms. The van der Waals surface area contributed by atoms with Crippen molar-refractivity contribution in [3.63, 3.8) is 0 Å². The van der Waals surface area contributed by atoms with E-state index in [-0.39, 0.29) is 0 Å². The van der Waals surface area contributed by atoms with Gasteiger partial charge in [0.15, 0.2) is 17.2 Å². The number of nitrogens with zero attached hydrogens (tertiary/aromatic N) is 4. The third kappa shape index (κ3) is 5.01. The van der Waals surface area contributed by atoms with Gasteiger partial charge >= 0.3 is 0 Å². The summed E-state index contributed by atoms with van der Waals surface area (Å²) < 4.78 is 7.78. The molecule has 1 unspecified atom stereocenters. The van der Waals surface area contributed by atoms with Gasteiger partial charge in [-0.15, -0.1) is 0 Å². The normalized spacial score (nSPS) is 12.3. The average molecular weight is 385 g/mol. The molecule has 0 radical (unpaired) electrons. The monoisotopic (exact) mass is 384 g/mol. The Morgan fingerprint density at radius 3 is 2.46 bits per heavy atom. The Hall–Kier alpha value is -2.60. The van der Waals surface area contributed by atoms with Gasteiger partial charge in [0.1, 0.15) is 6.10 Å². The second kappa shape index (κ2) is 9.06. The summed E-state index contributed by atoms with van der Waals surface area (Å²) in [5.74, 6) is 1.31. The Bertz CT molecular complexity index is 885. The second-order valence-corrected chi connectivity index (χ2v) is 7.28. The molecule has 0 aliphatic heterocycles. The smallest absolute Gasteiger partial charge is 0.180 e. The minimum atomic E-state index is -0.968. The van der Waals surface area contributed by atoms with E-state index >= 15 is 0 Å². The largest absolute Gasteiger partial charge is 0.482 e. The highest BCUT2D eigenvalue weighted by Gasteiger charge is 2.26. The van der Waals surface area contributed by atoms with Gasteiger partial charge in [0.25, 0.3) is 0 Å². The summed E-state index contributed by atoms with van der Waals surface area (Å²) in [5.41, 5.74) is 2.01. The number of ether oxygens (including phenoxy) is 1. The molecule has 3 rings (SSSR count). The standard InChI is InChI=1S/C20H26N4O2.C2H6/c1-14-11-21-24-13-17(26-15(2)20(3,4)25)19(22-18(14)24)23(5)12-16-9-7-6-8-10-16;1-2/h6-11,13,15,25H,12H2,1-5H3;1-2H3. The molecule has 0 fully saturated rings. The van der Waals surface area contributed by atoms with Crippen LogP contribution in [0.2, 0.25) is 0 Å². The number of hydrogen-bond donors (Lipinski definition) is 1. The van der Waals surface area contributed by atoms with Gasteiger partial charge in [-0.25, -0.2) is 9.50 Å². The fourth-order valence-electron chi connectivity index (χ4n) is 2.62. The molecule has 1 aromatic carbocycles. The van der Waals surface area contributed by atoms with Gasteiger partial charge < -0.3 is 14.7 Å². The second-order valence-electron chi connectivity index (χ2n) is 7.28. The van der Waals surface area contributed by atoms with Crippen LogP contribution < -0.4 is 9.64 Å². The molecule has 0 aliphatic carbocycles. The number of rotatable bonds is 6. The first-order valence-corrected chi connectivity index (χ1v) is 9.75. The lowest BCUT2D eigenvalue weighted by Gasteiger charge is -2.29. The van der Waals surface area contributed by atoms with Crippen molar-refractivity contribution in [1.29, 1.82) is 0 Å². The third-order valence-corrected chi connectivity index (χ3v) is 4.54. The Morgan fingerprint density at radius 2 is 1.86 bits per heavy atom. The molecule has 1 atom stereocenters. The average Bonchev–Trinajstić information content (AvgIpc) is 3.03. The van der Waals surface area contributed by atoms with Crippen molar-refractivity contribution in [2.24, 2.45) is 0 Å². The fraction of sp³-hybridized carbons (Fsp3) is 0.455. The molecule has 3 aromatic rings. The molecule has 0 amide bonds. The minimum Gasteiger partial charge on any atom is -0.482 e. The van der Waals surface area contributed by atoms with Crippen LogP contribution in [0.5, 0.6) is 5.75 Å². The number of anilines is 1. The molecule has 0 aliphatic rings. The topological polar surface area (TPSA) is 62.9 Å². The SMILES string of the molecule is CC.Cc1cnn2cc(OC(C)C(C)(C)O)c(N(C)Cc3ccccc3)nc12. The van der Waals surface area contributed by atoms with Crippen LogP contribution in [-0.4, -0.2) is 38.5 Å². The van der Waals surface area contributed by atoms with E-state index in [1.165, 1.54) is 5.56 Å². The summed E-state index contributed by atoms with van der Waals surface area (Å²) in [6.45, 7) is 12.0. The lowest BCUT2D eigenvalue weighted by Crippen LogP contribution is -2.38. The van der Waals surface area contributed by atoms with Crippen LogP contribution in [-0.2, 0) is 6.54 Å². The van der Waals surface area contributed by atoms with Crippen molar-refractivity contribution in [2.75, 3.05) is 11.9 Å². The van der Waals surface area contributed by atoms with Gasteiger partial charge in [-0.2, -0.15) is 5.10 Å². The number of benzene rings is 1. The van der Waals surface area contributed by atoms with Gasteiger partial charge in [-0.1, -0.05) is 44.2 Å². The van der Waals surface area contributed by atoms with Crippen molar-refractivity contribution in [3.05, 3.63) is 53.9 Å². The van der Waals surface area contributed by atoms with Crippen LogP contribution in [0, 0.1) is 6.92 Å². The predicted molar refractivity (Wildman–Crippen MR) is 114 cm³/mol. The summed E-state index contributed by atoms with van der Waals surface area (Å²) >= 11 is 0. The van der Waals surface area contributed by atoms with E-state index in [4.69, 9.17) is 9.72 Å². The van der Waals surface area contributed by atoms with Crippen molar-refractivity contribution in [2.45, 2.75) is 59.8 Å². The zero-order valence-corrected chi connectivity index (χ0v) is 18.0. The number of aliphatic hydroxyl groups is 1. The molecule has 6 nitrogen and oxygen atoms in total. The summed E-state index contributed by atoms with van der Waals surface area (Å²) in [5, 5.41) is 14.6. The zero-order valence-electron chi connectivity index (χ0n) is 18.0. The van der Waals surface area contributed by atoms with E-state index in [1.807, 2.05) is 64.0 Å². The lowest BCUT2D eigenvalue weighted by atomic mass is 10.0. The Labute approximate surface area is 167 Å². The molecule has 0 saturated carbocycles. The van der Waals surface area contributed by atoms with E-state index in [1.54, 1.807) is 24.6 Å². The van der Waals surface area contributed by atoms with Gasteiger partial charge in [-0.3, -0.25) is 0 Å². The third-order valence-electron chi connectivity index (χ3n) is 4.54. The maximum absolute atomic E-state index is 10.2. The summed E-state index contributed by atoms with van der Waals surface area (Å²) in [4.78, 5) is 6.84. The van der Waals surface area contributed by atoms with Crippen molar-refractivity contribution >= 4 is 11.5 Å². The Balaban J connectivity index is 0.00000136. The van der Waals surface area contributed by atoms with Crippen molar-refractivity contribution < 1.29 is 9.84 Å². The van der Waals surface area contributed by atoms with Crippen molar-refractivity contribution in [3.8, 4) is 5.75 Å². The first-order chi connectivity index (χ1) is 13.3. The van der Waals surface area contributed by atoms with Crippen LogP contribution in [0.25, 0.3) is 5.65 Å². The van der Waals surface area contributed by atoms with E-state index in [0.717, 1.165) is 17.0 Å². The molecule has 0 spiro atoms. The van der Waals surface area contributed by atoms with Crippen LogP contribution in [0.15, 0.2) is 42.7 Å². The molecule has 1 N–H and O–H groups in total. The Morgan fingerprint density at radius 1 is 1.21 bits per heavy atom. The maximum Gasteiger partial charge on any atom is 0.180 e. The van der Waals surface area contributed by atoms with Gasteiger partial charge in [0, 0.05) is 19.2 Å². The number of hydrogen-bond acceptors (Lipinski definition) is 5. The highest BCUT2D eigenvalue weighted by molar-refractivity contribution is 5.59. The van der Waals surface area contributed by atoms with Gasteiger partial charge in [0.05, 0.1) is 18.0 Å². The number of aromatic nitrogens is 3. The molecule has 2 aromatic heterocycles. The van der Waals surface area contributed by atoms with E-state index in [0.29, 0.717) is 12.3 Å². The zero-order chi connectivity index (χ0) is 20.9. The summed E-state index contributed by atoms with van der Waals surface area (Å²) in [6, 6.07) is 10.2. The van der Waals surface area contributed by atoms with E-state index in [9.17, 15) is 5.11 Å². The summed E-state index contributed by atoms with van der Waals surface area (Å²) in [7, 11) is 1.99. The molecule has 0 bridgehead atoms.